The smallest absolute Gasteiger partial charge is 0.323 e. The zero-order valence-corrected chi connectivity index (χ0v) is 10.7. The van der Waals surface area contributed by atoms with Crippen molar-refractivity contribution in [2.75, 3.05) is 13.7 Å². The number of hydrogen-bond acceptors (Lipinski definition) is 4. The molecule has 0 radical (unpaired) electrons. The summed E-state index contributed by atoms with van der Waals surface area (Å²) in [5.74, 6) is -0.180. The highest BCUT2D eigenvalue weighted by molar-refractivity contribution is 5.75. The van der Waals surface area contributed by atoms with Crippen LogP contribution >= 0.6 is 0 Å². The summed E-state index contributed by atoms with van der Waals surface area (Å²) in [6.07, 6.45) is 1.61. The number of carbonyl (C=O) groups excluding carboxylic acids is 1. The molecule has 0 aromatic heterocycles. The summed E-state index contributed by atoms with van der Waals surface area (Å²) >= 11 is 0. The maximum atomic E-state index is 11.8. The minimum Gasteiger partial charge on any atom is -0.468 e. The van der Waals surface area contributed by atoms with Crippen molar-refractivity contribution in [1.82, 2.24) is 4.90 Å². The molecule has 0 aliphatic carbocycles. The molecule has 1 aromatic rings. The van der Waals surface area contributed by atoms with Crippen molar-refractivity contribution in [1.29, 1.82) is 0 Å². The Labute approximate surface area is 108 Å². The molecule has 1 heterocycles. The number of rotatable bonds is 3. The van der Waals surface area contributed by atoms with E-state index in [-0.39, 0.29) is 18.1 Å². The van der Waals surface area contributed by atoms with Crippen molar-refractivity contribution in [3.8, 4) is 0 Å². The lowest BCUT2D eigenvalue weighted by Crippen LogP contribution is -2.50. The Morgan fingerprint density at radius 2 is 2.17 bits per heavy atom. The van der Waals surface area contributed by atoms with Crippen LogP contribution in [0.5, 0.6) is 0 Å². The summed E-state index contributed by atoms with van der Waals surface area (Å²) < 4.78 is 4.87. The first-order chi connectivity index (χ1) is 8.70. The molecule has 2 N–H and O–H groups in total. The standard InChI is InChI=1S/C14H20N2O2/c1-18-14(17)13-9-12(15)7-8-16(13)10-11-5-3-2-4-6-11/h2-6,12-13H,7-10,15H2,1H3. The summed E-state index contributed by atoms with van der Waals surface area (Å²) in [6, 6.07) is 10.1. The van der Waals surface area contributed by atoms with Gasteiger partial charge in [0, 0.05) is 19.1 Å². The van der Waals surface area contributed by atoms with Gasteiger partial charge in [0.05, 0.1) is 7.11 Å². The predicted molar refractivity (Wildman–Crippen MR) is 69.9 cm³/mol. The lowest BCUT2D eigenvalue weighted by Gasteiger charge is -2.36. The molecule has 0 bridgehead atoms. The second-order valence-corrected chi connectivity index (χ2v) is 4.78. The Bertz CT molecular complexity index is 394. The Hall–Kier alpha value is -1.39. The Kier molecular flexibility index (Phi) is 4.33. The summed E-state index contributed by atoms with van der Waals surface area (Å²) in [7, 11) is 1.43. The number of piperidine rings is 1. The minimum atomic E-state index is -0.209. The molecular weight excluding hydrogens is 228 g/mol. The Balaban J connectivity index is 2.07. The van der Waals surface area contributed by atoms with Crippen molar-refractivity contribution < 1.29 is 9.53 Å². The number of carbonyl (C=O) groups is 1. The second-order valence-electron chi connectivity index (χ2n) is 4.78. The minimum absolute atomic E-state index is 0.0983. The van der Waals surface area contributed by atoms with Crippen LogP contribution in [-0.2, 0) is 16.1 Å². The van der Waals surface area contributed by atoms with E-state index in [1.165, 1.54) is 12.7 Å². The molecule has 0 saturated carbocycles. The summed E-state index contributed by atoms with van der Waals surface area (Å²) in [5.41, 5.74) is 7.15. The van der Waals surface area contributed by atoms with Crippen molar-refractivity contribution in [3.05, 3.63) is 35.9 Å². The third-order valence-corrected chi connectivity index (χ3v) is 3.46. The number of benzene rings is 1. The monoisotopic (exact) mass is 248 g/mol. The van der Waals surface area contributed by atoms with E-state index in [9.17, 15) is 4.79 Å². The number of hydrogen-bond donors (Lipinski definition) is 1. The molecule has 1 aromatic carbocycles. The number of nitrogens with zero attached hydrogens (tertiary/aromatic N) is 1. The highest BCUT2D eigenvalue weighted by Gasteiger charge is 2.32. The zero-order chi connectivity index (χ0) is 13.0. The molecule has 1 aliphatic rings. The van der Waals surface area contributed by atoms with Gasteiger partial charge in [0.25, 0.3) is 0 Å². The predicted octanol–water partition coefficient (Wildman–Crippen LogP) is 1.15. The van der Waals surface area contributed by atoms with E-state index in [1.54, 1.807) is 0 Å². The highest BCUT2D eigenvalue weighted by atomic mass is 16.5. The van der Waals surface area contributed by atoms with Crippen LogP contribution in [0, 0.1) is 0 Å². The van der Waals surface area contributed by atoms with Gasteiger partial charge in [-0.25, -0.2) is 0 Å². The van der Waals surface area contributed by atoms with Gasteiger partial charge in [-0.15, -0.1) is 0 Å². The van der Waals surface area contributed by atoms with Gasteiger partial charge in [-0.3, -0.25) is 9.69 Å². The molecule has 2 unspecified atom stereocenters. The molecule has 1 saturated heterocycles. The van der Waals surface area contributed by atoms with Crippen LogP contribution in [0.4, 0.5) is 0 Å². The first-order valence-electron chi connectivity index (χ1n) is 6.32. The molecular formula is C14H20N2O2. The quantitative estimate of drug-likeness (QED) is 0.815. The number of methoxy groups -OCH3 is 1. The fourth-order valence-electron chi connectivity index (χ4n) is 2.43. The third-order valence-electron chi connectivity index (χ3n) is 3.46. The number of nitrogens with two attached hydrogens (primary N) is 1. The molecule has 4 nitrogen and oxygen atoms in total. The van der Waals surface area contributed by atoms with E-state index >= 15 is 0 Å². The van der Waals surface area contributed by atoms with Crippen LogP contribution in [0.15, 0.2) is 30.3 Å². The van der Waals surface area contributed by atoms with Gasteiger partial charge in [-0.2, -0.15) is 0 Å². The first kappa shape index (κ1) is 13.1. The van der Waals surface area contributed by atoms with Crippen LogP contribution in [0.2, 0.25) is 0 Å². The van der Waals surface area contributed by atoms with Crippen molar-refractivity contribution in [2.45, 2.75) is 31.5 Å². The average molecular weight is 248 g/mol. The molecule has 18 heavy (non-hydrogen) atoms. The molecule has 1 aliphatic heterocycles. The van der Waals surface area contributed by atoms with E-state index in [4.69, 9.17) is 10.5 Å². The molecule has 0 amide bonds. The van der Waals surface area contributed by atoms with Gasteiger partial charge >= 0.3 is 5.97 Å². The second kappa shape index (κ2) is 5.98. The topological polar surface area (TPSA) is 55.6 Å². The number of ether oxygens (including phenoxy) is 1. The van der Waals surface area contributed by atoms with Crippen LogP contribution in [0.1, 0.15) is 18.4 Å². The maximum Gasteiger partial charge on any atom is 0.323 e. The van der Waals surface area contributed by atoms with E-state index in [1.807, 2.05) is 18.2 Å². The number of likely N-dealkylation sites (tertiary alicyclic amines) is 1. The van der Waals surface area contributed by atoms with E-state index in [0.717, 1.165) is 19.5 Å². The van der Waals surface area contributed by atoms with Crippen molar-refractivity contribution >= 4 is 5.97 Å². The van der Waals surface area contributed by atoms with Crippen LogP contribution in [0.3, 0.4) is 0 Å². The average Bonchev–Trinajstić information content (AvgIpc) is 2.41. The van der Waals surface area contributed by atoms with Crippen LogP contribution in [-0.4, -0.2) is 36.6 Å². The molecule has 1 fully saturated rings. The lowest BCUT2D eigenvalue weighted by atomic mass is 9.97. The first-order valence-corrected chi connectivity index (χ1v) is 6.32. The SMILES string of the molecule is COC(=O)C1CC(N)CCN1Cc1ccccc1. The maximum absolute atomic E-state index is 11.8. The van der Waals surface area contributed by atoms with Crippen molar-refractivity contribution in [2.24, 2.45) is 5.73 Å². The fraction of sp³-hybridized carbons (Fsp3) is 0.500. The number of esters is 1. The molecule has 2 atom stereocenters. The fourth-order valence-corrected chi connectivity index (χ4v) is 2.43. The molecule has 4 heteroatoms. The Morgan fingerprint density at radius 3 is 2.83 bits per heavy atom. The normalized spacial score (nSPS) is 24.8. The van der Waals surface area contributed by atoms with E-state index < -0.39 is 0 Å². The summed E-state index contributed by atoms with van der Waals surface area (Å²) in [6.45, 7) is 1.61. The Morgan fingerprint density at radius 1 is 1.44 bits per heavy atom. The summed E-state index contributed by atoms with van der Waals surface area (Å²) in [5, 5.41) is 0. The summed E-state index contributed by atoms with van der Waals surface area (Å²) in [4.78, 5) is 14.0. The molecule has 0 spiro atoms. The lowest BCUT2D eigenvalue weighted by molar-refractivity contribution is -0.148. The van der Waals surface area contributed by atoms with E-state index in [0.29, 0.717) is 6.42 Å². The van der Waals surface area contributed by atoms with Gasteiger partial charge in [0.2, 0.25) is 0 Å². The van der Waals surface area contributed by atoms with Gasteiger partial charge < -0.3 is 10.5 Å². The largest absolute Gasteiger partial charge is 0.468 e. The van der Waals surface area contributed by atoms with Crippen molar-refractivity contribution in [3.63, 3.8) is 0 Å². The highest BCUT2D eigenvalue weighted by Crippen LogP contribution is 2.20. The van der Waals surface area contributed by atoms with Crippen LogP contribution in [0.25, 0.3) is 0 Å². The van der Waals surface area contributed by atoms with Crippen LogP contribution < -0.4 is 5.73 Å². The van der Waals surface area contributed by atoms with E-state index in [2.05, 4.69) is 17.0 Å². The zero-order valence-electron chi connectivity index (χ0n) is 10.7. The van der Waals surface area contributed by atoms with Gasteiger partial charge in [0.1, 0.15) is 6.04 Å². The van der Waals surface area contributed by atoms with Gasteiger partial charge in [-0.1, -0.05) is 30.3 Å². The van der Waals surface area contributed by atoms with Gasteiger partial charge in [-0.05, 0) is 18.4 Å². The third kappa shape index (κ3) is 3.09. The molecule has 2 rings (SSSR count). The molecule has 98 valence electrons. The van der Waals surface area contributed by atoms with Gasteiger partial charge in [0.15, 0.2) is 0 Å².